The van der Waals surface area contributed by atoms with Crippen LogP contribution in [0.25, 0.3) is 0 Å². The fourth-order valence-corrected chi connectivity index (χ4v) is 1.90. The number of benzene rings is 1. The van der Waals surface area contributed by atoms with Crippen LogP contribution in [0.1, 0.15) is 11.4 Å². The lowest BCUT2D eigenvalue weighted by atomic mass is 10.2. The lowest BCUT2D eigenvalue weighted by Gasteiger charge is -2.09. The lowest BCUT2D eigenvalue weighted by Crippen LogP contribution is -2.01. The Morgan fingerprint density at radius 3 is 2.81 bits per heavy atom. The second-order valence-corrected chi connectivity index (χ2v) is 4.55. The summed E-state index contributed by atoms with van der Waals surface area (Å²) in [6.07, 6.45) is 0. The smallest absolute Gasteiger partial charge is 0.311 e. The van der Waals surface area contributed by atoms with Crippen molar-refractivity contribution in [3.63, 3.8) is 0 Å². The Morgan fingerprint density at radius 2 is 2.14 bits per heavy atom. The Morgan fingerprint density at radius 1 is 1.38 bits per heavy atom. The molecule has 0 fully saturated rings. The van der Waals surface area contributed by atoms with E-state index in [0.717, 1.165) is 0 Å². The molecule has 2 rings (SSSR count). The maximum absolute atomic E-state index is 11.0. The number of nitrogens with zero attached hydrogens (tertiary/aromatic N) is 3. The number of nitro groups is 1. The summed E-state index contributed by atoms with van der Waals surface area (Å²) in [5.41, 5.74) is 0.477. The third kappa shape index (κ3) is 3.65. The molecule has 110 valence electrons. The van der Waals surface area contributed by atoms with E-state index in [9.17, 15) is 10.1 Å². The van der Waals surface area contributed by atoms with Crippen molar-refractivity contribution >= 4 is 17.3 Å². The Labute approximate surface area is 125 Å². The molecule has 0 amide bonds. The van der Waals surface area contributed by atoms with Gasteiger partial charge in [0.15, 0.2) is 5.82 Å². The highest BCUT2D eigenvalue weighted by Gasteiger charge is 2.19. The van der Waals surface area contributed by atoms with Gasteiger partial charge in [0.2, 0.25) is 11.6 Å². The largest absolute Gasteiger partial charge is 0.431 e. The summed E-state index contributed by atoms with van der Waals surface area (Å²) < 4.78 is 10.5. The van der Waals surface area contributed by atoms with E-state index in [1.165, 1.54) is 19.2 Å². The summed E-state index contributed by atoms with van der Waals surface area (Å²) in [5.74, 6) is 0.580. The highest BCUT2D eigenvalue weighted by molar-refractivity contribution is 6.29. The first-order chi connectivity index (χ1) is 10.0. The van der Waals surface area contributed by atoms with Crippen molar-refractivity contribution in [3.8, 4) is 11.6 Å². The number of aryl methyl sites for hydroxylation is 1. The van der Waals surface area contributed by atoms with Crippen molar-refractivity contribution in [2.75, 3.05) is 7.11 Å². The Kier molecular flexibility index (Phi) is 4.66. The molecule has 0 bridgehead atoms. The molecule has 0 spiro atoms. The van der Waals surface area contributed by atoms with Crippen LogP contribution in [0.3, 0.4) is 0 Å². The zero-order valence-corrected chi connectivity index (χ0v) is 12.1. The molecular formula is C13H12ClN3O4. The second kappa shape index (κ2) is 6.47. The number of rotatable bonds is 5. The zero-order chi connectivity index (χ0) is 15.4. The number of ether oxygens (including phenoxy) is 2. The van der Waals surface area contributed by atoms with E-state index in [1.807, 2.05) is 0 Å². The maximum atomic E-state index is 11.0. The topological polar surface area (TPSA) is 87.4 Å². The maximum Gasteiger partial charge on any atom is 0.311 e. The van der Waals surface area contributed by atoms with Crippen LogP contribution in [0.15, 0.2) is 24.3 Å². The summed E-state index contributed by atoms with van der Waals surface area (Å²) in [6, 6.07) is 6.04. The molecule has 1 aromatic heterocycles. The molecule has 0 unspecified atom stereocenters. The quantitative estimate of drug-likeness (QED) is 0.478. The first-order valence-corrected chi connectivity index (χ1v) is 6.33. The molecule has 0 aliphatic heterocycles. The highest BCUT2D eigenvalue weighted by atomic mass is 35.5. The monoisotopic (exact) mass is 309 g/mol. The van der Waals surface area contributed by atoms with Crippen molar-refractivity contribution in [1.29, 1.82) is 0 Å². The number of aromatic nitrogens is 2. The molecule has 2 aromatic rings. The standard InChI is InChI=1S/C13H12ClN3O4/c1-8-4-3-5-9(17(18)19)13(8)21-12-6-10(14)15-11(16-12)7-20-2/h3-6H,7H2,1-2H3. The van der Waals surface area contributed by atoms with Crippen molar-refractivity contribution in [2.45, 2.75) is 13.5 Å². The third-order valence-electron chi connectivity index (χ3n) is 2.59. The summed E-state index contributed by atoms with van der Waals surface area (Å²) in [7, 11) is 1.50. The van der Waals surface area contributed by atoms with Gasteiger partial charge >= 0.3 is 5.69 Å². The Hall–Kier alpha value is -2.25. The molecule has 0 radical (unpaired) electrons. The second-order valence-electron chi connectivity index (χ2n) is 4.16. The summed E-state index contributed by atoms with van der Waals surface area (Å²) in [4.78, 5) is 18.6. The number of hydrogen-bond donors (Lipinski definition) is 0. The molecule has 21 heavy (non-hydrogen) atoms. The van der Waals surface area contributed by atoms with E-state index in [1.54, 1.807) is 19.1 Å². The van der Waals surface area contributed by atoms with Gasteiger partial charge in [0.1, 0.15) is 11.8 Å². The Bertz CT molecular complexity index is 678. The molecule has 0 aliphatic rings. The van der Waals surface area contributed by atoms with Gasteiger partial charge in [-0.05, 0) is 12.5 Å². The normalized spacial score (nSPS) is 10.4. The van der Waals surface area contributed by atoms with E-state index in [2.05, 4.69) is 9.97 Å². The van der Waals surface area contributed by atoms with Crippen molar-refractivity contribution in [1.82, 2.24) is 9.97 Å². The lowest BCUT2D eigenvalue weighted by molar-refractivity contribution is -0.385. The van der Waals surface area contributed by atoms with Crippen LogP contribution in [0.4, 0.5) is 5.69 Å². The minimum Gasteiger partial charge on any atom is -0.431 e. The molecule has 1 aromatic carbocycles. The van der Waals surface area contributed by atoms with Crippen LogP contribution in [-0.4, -0.2) is 22.0 Å². The van der Waals surface area contributed by atoms with Gasteiger partial charge in [0.05, 0.1) is 4.92 Å². The van der Waals surface area contributed by atoms with Crippen LogP contribution in [0, 0.1) is 17.0 Å². The van der Waals surface area contributed by atoms with Gasteiger partial charge in [0, 0.05) is 19.2 Å². The number of methoxy groups -OCH3 is 1. The molecule has 0 aliphatic carbocycles. The molecule has 0 N–H and O–H groups in total. The van der Waals surface area contributed by atoms with Crippen LogP contribution in [0.2, 0.25) is 5.15 Å². The van der Waals surface area contributed by atoms with Gasteiger partial charge in [0.25, 0.3) is 0 Å². The van der Waals surface area contributed by atoms with E-state index >= 15 is 0 Å². The SMILES string of the molecule is COCc1nc(Cl)cc(Oc2c(C)cccc2[N+](=O)[O-])n1. The summed E-state index contributed by atoms with van der Waals surface area (Å²) >= 11 is 5.87. The highest BCUT2D eigenvalue weighted by Crippen LogP contribution is 2.34. The average molecular weight is 310 g/mol. The fraction of sp³-hybridized carbons (Fsp3) is 0.231. The van der Waals surface area contributed by atoms with Crippen LogP contribution in [-0.2, 0) is 11.3 Å². The third-order valence-corrected chi connectivity index (χ3v) is 2.78. The van der Waals surface area contributed by atoms with Gasteiger partial charge in [-0.25, -0.2) is 4.98 Å². The number of nitro benzene ring substituents is 1. The molecule has 0 atom stereocenters. The minimum atomic E-state index is -0.513. The van der Waals surface area contributed by atoms with Gasteiger partial charge in [-0.15, -0.1) is 0 Å². The molecular weight excluding hydrogens is 298 g/mol. The van der Waals surface area contributed by atoms with Gasteiger partial charge in [-0.3, -0.25) is 10.1 Å². The van der Waals surface area contributed by atoms with E-state index in [0.29, 0.717) is 11.4 Å². The predicted octanol–water partition coefficient (Wildman–Crippen LogP) is 3.29. The predicted molar refractivity (Wildman–Crippen MR) is 75.7 cm³/mol. The number of hydrogen-bond acceptors (Lipinski definition) is 6. The first-order valence-electron chi connectivity index (χ1n) is 5.95. The molecule has 7 nitrogen and oxygen atoms in total. The number of para-hydroxylation sites is 1. The zero-order valence-electron chi connectivity index (χ0n) is 11.4. The van der Waals surface area contributed by atoms with Gasteiger partial charge in [-0.1, -0.05) is 23.7 Å². The average Bonchev–Trinajstić information content (AvgIpc) is 2.40. The van der Waals surface area contributed by atoms with Crippen LogP contribution in [0.5, 0.6) is 11.6 Å². The van der Waals surface area contributed by atoms with Crippen molar-refractivity contribution in [3.05, 3.63) is 50.9 Å². The minimum absolute atomic E-state index is 0.124. The molecule has 0 saturated heterocycles. The van der Waals surface area contributed by atoms with Crippen molar-refractivity contribution < 1.29 is 14.4 Å². The number of halogens is 1. The van der Waals surface area contributed by atoms with Crippen molar-refractivity contribution in [2.24, 2.45) is 0 Å². The summed E-state index contributed by atoms with van der Waals surface area (Å²) in [5, 5.41) is 11.2. The molecule has 1 heterocycles. The van der Waals surface area contributed by atoms with Gasteiger partial charge in [-0.2, -0.15) is 4.98 Å². The van der Waals surface area contributed by atoms with Gasteiger partial charge < -0.3 is 9.47 Å². The Balaban J connectivity index is 2.40. The van der Waals surface area contributed by atoms with E-state index < -0.39 is 4.92 Å². The first kappa shape index (κ1) is 15.1. The molecule has 8 heteroatoms. The fourth-order valence-electron chi connectivity index (χ4n) is 1.71. The summed E-state index contributed by atoms with van der Waals surface area (Å²) in [6.45, 7) is 1.87. The van der Waals surface area contributed by atoms with E-state index in [-0.39, 0.29) is 29.1 Å². The van der Waals surface area contributed by atoms with E-state index in [4.69, 9.17) is 21.1 Å². The molecule has 0 saturated carbocycles. The van der Waals surface area contributed by atoms with Crippen LogP contribution >= 0.6 is 11.6 Å². The van der Waals surface area contributed by atoms with Crippen LogP contribution < -0.4 is 4.74 Å².